The predicted molar refractivity (Wildman–Crippen MR) is 106 cm³/mol. The van der Waals surface area contributed by atoms with E-state index >= 15 is 0 Å². The van der Waals surface area contributed by atoms with E-state index < -0.39 is 0 Å². The average Bonchev–Trinajstić information content (AvgIpc) is 3.12. The van der Waals surface area contributed by atoms with Gasteiger partial charge in [0.2, 0.25) is 11.1 Å². The molecule has 3 aromatic rings. The van der Waals surface area contributed by atoms with Gasteiger partial charge >= 0.3 is 0 Å². The Morgan fingerprint density at radius 2 is 2.00 bits per heavy atom. The zero-order chi connectivity index (χ0) is 19.4. The number of carbonyl (C=O) groups is 1. The van der Waals surface area contributed by atoms with E-state index in [4.69, 9.17) is 4.74 Å². The van der Waals surface area contributed by atoms with Gasteiger partial charge in [-0.25, -0.2) is 0 Å². The first kappa shape index (κ1) is 18.9. The van der Waals surface area contributed by atoms with E-state index in [1.54, 1.807) is 17.9 Å². The molecule has 3 rings (SSSR count). The number of aromatic nitrogens is 4. The molecule has 0 aliphatic heterocycles. The number of benzene rings is 2. The lowest BCUT2D eigenvalue weighted by Gasteiger charge is -2.12. The average molecular weight is 383 g/mol. The largest absolute Gasteiger partial charge is 0.497 e. The van der Waals surface area contributed by atoms with E-state index in [0.717, 1.165) is 11.3 Å². The van der Waals surface area contributed by atoms with Gasteiger partial charge in [-0.1, -0.05) is 23.9 Å². The second-order valence-electron chi connectivity index (χ2n) is 6.12. The highest BCUT2D eigenvalue weighted by atomic mass is 32.2. The summed E-state index contributed by atoms with van der Waals surface area (Å²) in [7, 11) is 1.59. The van der Waals surface area contributed by atoms with Crippen LogP contribution in [0.25, 0.3) is 5.69 Å². The first-order valence-corrected chi connectivity index (χ1v) is 9.33. The highest BCUT2D eigenvalue weighted by Gasteiger charge is 2.19. The Morgan fingerprint density at radius 3 is 2.74 bits per heavy atom. The van der Waals surface area contributed by atoms with Crippen molar-refractivity contribution in [3.05, 3.63) is 53.6 Å². The summed E-state index contributed by atoms with van der Waals surface area (Å²) >= 11 is 1.30. The van der Waals surface area contributed by atoms with Crippen molar-refractivity contribution in [2.75, 3.05) is 12.4 Å². The second-order valence-corrected chi connectivity index (χ2v) is 7.43. The van der Waals surface area contributed by atoms with E-state index in [1.807, 2.05) is 50.2 Å². The van der Waals surface area contributed by atoms with Crippen LogP contribution in [0.2, 0.25) is 0 Å². The maximum Gasteiger partial charge on any atom is 0.237 e. The Hall–Kier alpha value is -2.87. The molecule has 8 heteroatoms. The number of aryl methyl sites for hydroxylation is 2. The third-order valence-electron chi connectivity index (χ3n) is 4.16. The van der Waals surface area contributed by atoms with Crippen molar-refractivity contribution in [3.8, 4) is 11.4 Å². The molecular weight excluding hydrogens is 362 g/mol. The first-order chi connectivity index (χ1) is 13.0. The number of carbonyl (C=O) groups excluding carboxylic acids is 1. The van der Waals surface area contributed by atoms with Crippen LogP contribution >= 0.6 is 11.8 Å². The fourth-order valence-corrected chi connectivity index (χ4v) is 3.24. The summed E-state index contributed by atoms with van der Waals surface area (Å²) in [4.78, 5) is 12.5. The first-order valence-electron chi connectivity index (χ1n) is 8.45. The molecule has 1 N–H and O–H groups in total. The Morgan fingerprint density at radius 1 is 1.19 bits per heavy atom. The summed E-state index contributed by atoms with van der Waals surface area (Å²) in [6.07, 6.45) is 0. The molecule has 1 heterocycles. The lowest BCUT2D eigenvalue weighted by molar-refractivity contribution is -0.115. The van der Waals surface area contributed by atoms with Crippen molar-refractivity contribution in [1.29, 1.82) is 0 Å². The third-order valence-corrected chi connectivity index (χ3v) is 5.20. The molecule has 0 unspecified atom stereocenters. The standard InChI is InChI=1S/C19H21N5O2S/c1-12-8-9-16(10-13(12)2)24-19(21-22-23-24)27-14(3)18(25)20-15-6-5-7-17(11-15)26-4/h5-11,14H,1-4H3,(H,20,25)/t14-/m1/s1. The van der Waals surface area contributed by atoms with Crippen molar-refractivity contribution in [2.24, 2.45) is 0 Å². The van der Waals surface area contributed by atoms with Crippen molar-refractivity contribution in [2.45, 2.75) is 31.2 Å². The van der Waals surface area contributed by atoms with Crippen LogP contribution in [-0.2, 0) is 4.79 Å². The topological polar surface area (TPSA) is 81.9 Å². The molecule has 1 aromatic heterocycles. The predicted octanol–water partition coefficient (Wildman–Crippen LogP) is 3.41. The lowest BCUT2D eigenvalue weighted by atomic mass is 10.1. The molecule has 0 saturated heterocycles. The summed E-state index contributed by atoms with van der Waals surface area (Å²) in [5.74, 6) is 0.551. The van der Waals surface area contributed by atoms with Gasteiger partial charge in [0.1, 0.15) is 5.75 Å². The van der Waals surface area contributed by atoms with Crippen molar-refractivity contribution >= 4 is 23.4 Å². The van der Waals surface area contributed by atoms with E-state index in [-0.39, 0.29) is 11.2 Å². The summed E-state index contributed by atoms with van der Waals surface area (Å²) in [6, 6.07) is 13.3. The number of nitrogens with zero attached hydrogens (tertiary/aromatic N) is 4. The van der Waals surface area contributed by atoms with Crippen molar-refractivity contribution in [3.63, 3.8) is 0 Å². The molecule has 0 aliphatic rings. The molecule has 140 valence electrons. The van der Waals surface area contributed by atoms with Gasteiger partial charge in [0, 0.05) is 11.8 Å². The highest BCUT2D eigenvalue weighted by Crippen LogP contribution is 2.25. The van der Waals surface area contributed by atoms with Gasteiger partial charge in [0.05, 0.1) is 18.0 Å². The quantitative estimate of drug-likeness (QED) is 0.657. The molecule has 0 radical (unpaired) electrons. The van der Waals surface area contributed by atoms with Gasteiger partial charge in [0.25, 0.3) is 0 Å². The number of thioether (sulfide) groups is 1. The summed E-state index contributed by atoms with van der Waals surface area (Å²) in [5.41, 5.74) is 3.90. The molecule has 1 atom stereocenters. The van der Waals surface area contributed by atoms with Gasteiger partial charge in [0.15, 0.2) is 0 Å². The second kappa shape index (κ2) is 8.22. The van der Waals surface area contributed by atoms with E-state index in [9.17, 15) is 4.79 Å². The molecule has 0 aliphatic carbocycles. The fraction of sp³-hybridized carbons (Fsp3) is 0.263. The fourth-order valence-electron chi connectivity index (χ4n) is 2.43. The minimum atomic E-state index is -0.382. The minimum Gasteiger partial charge on any atom is -0.497 e. The Balaban J connectivity index is 1.72. The smallest absolute Gasteiger partial charge is 0.237 e. The molecule has 1 amide bonds. The molecule has 27 heavy (non-hydrogen) atoms. The number of ether oxygens (including phenoxy) is 1. The van der Waals surface area contributed by atoms with E-state index in [1.165, 1.54) is 17.3 Å². The number of rotatable bonds is 6. The van der Waals surface area contributed by atoms with Crippen LogP contribution in [0, 0.1) is 13.8 Å². The number of hydrogen-bond donors (Lipinski definition) is 1. The normalized spacial score (nSPS) is 11.9. The SMILES string of the molecule is COc1cccc(NC(=O)[C@@H](C)Sc2nnnn2-c2ccc(C)c(C)c2)c1. The summed E-state index contributed by atoms with van der Waals surface area (Å²) < 4.78 is 6.82. The van der Waals surface area contributed by atoms with Crippen LogP contribution in [0.5, 0.6) is 5.75 Å². The third kappa shape index (κ3) is 4.46. The van der Waals surface area contributed by atoms with Crippen LogP contribution < -0.4 is 10.1 Å². The lowest BCUT2D eigenvalue weighted by Crippen LogP contribution is -2.23. The van der Waals surface area contributed by atoms with Crippen LogP contribution in [0.4, 0.5) is 5.69 Å². The van der Waals surface area contributed by atoms with Crippen LogP contribution in [-0.4, -0.2) is 38.5 Å². The summed E-state index contributed by atoms with van der Waals surface area (Å²) in [6.45, 7) is 5.92. The molecule has 0 saturated carbocycles. The minimum absolute atomic E-state index is 0.136. The van der Waals surface area contributed by atoms with Crippen molar-refractivity contribution in [1.82, 2.24) is 20.2 Å². The number of hydrogen-bond acceptors (Lipinski definition) is 6. The van der Waals surface area contributed by atoms with Crippen LogP contribution in [0.1, 0.15) is 18.1 Å². The Bertz CT molecular complexity index is 957. The van der Waals surface area contributed by atoms with Gasteiger partial charge < -0.3 is 10.1 Å². The van der Waals surface area contributed by atoms with Gasteiger partial charge in [-0.3, -0.25) is 4.79 Å². The van der Waals surface area contributed by atoms with E-state index in [2.05, 4.69) is 27.8 Å². The molecule has 2 aromatic carbocycles. The van der Waals surface area contributed by atoms with Crippen LogP contribution in [0.15, 0.2) is 47.6 Å². The van der Waals surface area contributed by atoms with Gasteiger partial charge in [-0.15, -0.1) is 5.10 Å². The molecule has 0 bridgehead atoms. The van der Waals surface area contributed by atoms with E-state index in [0.29, 0.717) is 16.6 Å². The number of methoxy groups -OCH3 is 1. The number of tetrazole rings is 1. The zero-order valence-electron chi connectivity index (χ0n) is 15.6. The number of nitrogens with one attached hydrogen (secondary N) is 1. The molecule has 7 nitrogen and oxygen atoms in total. The van der Waals surface area contributed by atoms with Gasteiger partial charge in [-0.2, -0.15) is 4.68 Å². The zero-order valence-corrected chi connectivity index (χ0v) is 16.4. The maximum absolute atomic E-state index is 12.5. The Kier molecular flexibility index (Phi) is 5.75. The monoisotopic (exact) mass is 383 g/mol. The highest BCUT2D eigenvalue weighted by molar-refractivity contribution is 8.00. The molecular formula is C19H21N5O2S. The number of amides is 1. The number of anilines is 1. The Labute approximate surface area is 162 Å². The van der Waals surface area contributed by atoms with Crippen LogP contribution in [0.3, 0.4) is 0 Å². The maximum atomic E-state index is 12.5. The van der Waals surface area contributed by atoms with Crippen molar-refractivity contribution < 1.29 is 9.53 Å². The summed E-state index contributed by atoms with van der Waals surface area (Å²) in [5, 5.41) is 15.0. The molecule has 0 spiro atoms. The van der Waals surface area contributed by atoms with Gasteiger partial charge in [-0.05, 0) is 66.6 Å². The molecule has 0 fully saturated rings.